The van der Waals surface area contributed by atoms with Crippen LogP contribution in [0.15, 0.2) is 0 Å². The van der Waals surface area contributed by atoms with E-state index in [4.69, 9.17) is 5.73 Å². The standard InChI is InChI=1S/C12H13F5N2/c13-7-8(14)10(16)12(11(17)9(7)15)19-3-1-2-6(4-18)5-19/h6H,1-5,18H2. The molecule has 1 fully saturated rings. The Labute approximate surface area is 107 Å². The molecule has 1 heterocycles. The third kappa shape index (κ3) is 2.39. The van der Waals surface area contributed by atoms with Gasteiger partial charge in [0.2, 0.25) is 5.82 Å². The number of nitrogens with two attached hydrogens (primary N) is 1. The van der Waals surface area contributed by atoms with Crippen LogP contribution < -0.4 is 10.6 Å². The number of hydrogen-bond donors (Lipinski definition) is 1. The average Bonchev–Trinajstić information content (AvgIpc) is 2.43. The van der Waals surface area contributed by atoms with Gasteiger partial charge in [-0.15, -0.1) is 0 Å². The molecule has 19 heavy (non-hydrogen) atoms. The number of anilines is 1. The van der Waals surface area contributed by atoms with E-state index >= 15 is 0 Å². The van der Waals surface area contributed by atoms with E-state index in [0.29, 0.717) is 13.0 Å². The van der Waals surface area contributed by atoms with Gasteiger partial charge < -0.3 is 10.6 Å². The van der Waals surface area contributed by atoms with Gasteiger partial charge in [-0.3, -0.25) is 0 Å². The van der Waals surface area contributed by atoms with Crippen molar-refractivity contribution >= 4 is 5.69 Å². The molecule has 1 saturated heterocycles. The molecule has 0 aromatic heterocycles. The summed E-state index contributed by atoms with van der Waals surface area (Å²) in [5.74, 6) is -9.54. The van der Waals surface area contributed by atoms with Crippen LogP contribution in [0.2, 0.25) is 0 Å². The molecule has 1 aliphatic rings. The molecule has 1 atom stereocenters. The number of nitrogens with zero attached hydrogens (tertiary/aromatic N) is 1. The molecule has 7 heteroatoms. The summed E-state index contributed by atoms with van der Waals surface area (Å²) in [6, 6.07) is 0. The Morgan fingerprint density at radius 3 is 2.00 bits per heavy atom. The van der Waals surface area contributed by atoms with Gasteiger partial charge in [0.1, 0.15) is 5.69 Å². The first-order valence-corrected chi connectivity index (χ1v) is 5.93. The number of halogens is 5. The zero-order valence-corrected chi connectivity index (χ0v) is 10.0. The molecule has 1 aromatic carbocycles. The Morgan fingerprint density at radius 1 is 0.947 bits per heavy atom. The van der Waals surface area contributed by atoms with Gasteiger partial charge in [-0.2, -0.15) is 0 Å². The highest BCUT2D eigenvalue weighted by molar-refractivity contribution is 5.51. The van der Waals surface area contributed by atoms with Gasteiger partial charge in [0.05, 0.1) is 0 Å². The van der Waals surface area contributed by atoms with Crippen molar-refractivity contribution in [1.82, 2.24) is 0 Å². The highest BCUT2D eigenvalue weighted by atomic mass is 19.2. The second kappa shape index (κ2) is 5.32. The van der Waals surface area contributed by atoms with Gasteiger partial charge in [-0.25, -0.2) is 22.0 Å². The summed E-state index contributed by atoms with van der Waals surface area (Å²) in [7, 11) is 0. The van der Waals surface area contributed by atoms with Crippen LogP contribution in [0.4, 0.5) is 27.6 Å². The van der Waals surface area contributed by atoms with Gasteiger partial charge in [-0.1, -0.05) is 0 Å². The molecule has 1 unspecified atom stereocenters. The number of benzene rings is 1. The van der Waals surface area contributed by atoms with Crippen LogP contribution in [-0.2, 0) is 0 Å². The number of hydrogen-bond acceptors (Lipinski definition) is 2. The maximum atomic E-state index is 13.6. The van der Waals surface area contributed by atoms with Crippen LogP contribution in [0.5, 0.6) is 0 Å². The maximum absolute atomic E-state index is 13.6. The van der Waals surface area contributed by atoms with E-state index < -0.39 is 34.8 Å². The van der Waals surface area contributed by atoms with Gasteiger partial charge in [0.15, 0.2) is 23.3 Å². The first-order chi connectivity index (χ1) is 8.97. The lowest BCUT2D eigenvalue weighted by atomic mass is 9.97. The fourth-order valence-corrected chi connectivity index (χ4v) is 2.33. The summed E-state index contributed by atoms with van der Waals surface area (Å²) in [6.07, 6.45) is 1.38. The second-order valence-corrected chi connectivity index (χ2v) is 4.61. The fraction of sp³-hybridized carbons (Fsp3) is 0.500. The molecule has 0 saturated carbocycles. The lowest BCUT2D eigenvalue weighted by Crippen LogP contribution is -2.39. The molecule has 2 N–H and O–H groups in total. The largest absolute Gasteiger partial charge is 0.366 e. The van der Waals surface area contributed by atoms with Crippen molar-refractivity contribution in [2.45, 2.75) is 12.8 Å². The molecule has 2 rings (SSSR count). The Bertz CT molecular complexity index is 462. The summed E-state index contributed by atoms with van der Waals surface area (Å²) < 4.78 is 66.4. The normalized spacial score (nSPS) is 19.9. The van der Waals surface area contributed by atoms with E-state index in [9.17, 15) is 22.0 Å². The maximum Gasteiger partial charge on any atom is 0.200 e. The molecule has 2 nitrogen and oxygen atoms in total. The first kappa shape index (κ1) is 14.0. The lowest BCUT2D eigenvalue weighted by molar-refractivity contribution is 0.367. The van der Waals surface area contributed by atoms with Gasteiger partial charge in [-0.05, 0) is 25.3 Å². The van der Waals surface area contributed by atoms with Gasteiger partial charge >= 0.3 is 0 Å². The van der Waals surface area contributed by atoms with Crippen molar-refractivity contribution < 1.29 is 22.0 Å². The predicted octanol–water partition coefficient (Wildman–Crippen LogP) is 2.56. The molecular weight excluding hydrogens is 267 g/mol. The first-order valence-electron chi connectivity index (χ1n) is 5.93. The third-order valence-corrected chi connectivity index (χ3v) is 3.36. The second-order valence-electron chi connectivity index (χ2n) is 4.61. The van der Waals surface area contributed by atoms with Crippen LogP contribution in [0.1, 0.15) is 12.8 Å². The Balaban J connectivity index is 2.44. The molecular formula is C12H13F5N2. The molecule has 0 bridgehead atoms. The van der Waals surface area contributed by atoms with Gasteiger partial charge in [0, 0.05) is 13.1 Å². The minimum absolute atomic E-state index is 0.0104. The molecule has 0 radical (unpaired) electrons. The Morgan fingerprint density at radius 2 is 1.47 bits per heavy atom. The van der Waals surface area contributed by atoms with E-state index in [1.165, 1.54) is 4.90 Å². The minimum atomic E-state index is -2.13. The third-order valence-electron chi connectivity index (χ3n) is 3.36. The summed E-state index contributed by atoms with van der Waals surface area (Å²) in [4.78, 5) is 1.18. The average molecular weight is 280 g/mol. The quantitative estimate of drug-likeness (QED) is 0.512. The highest BCUT2D eigenvalue weighted by Crippen LogP contribution is 2.32. The topological polar surface area (TPSA) is 29.3 Å². The summed E-state index contributed by atoms with van der Waals surface area (Å²) in [5.41, 5.74) is 4.63. The summed E-state index contributed by atoms with van der Waals surface area (Å²) >= 11 is 0. The smallest absolute Gasteiger partial charge is 0.200 e. The molecule has 1 aliphatic heterocycles. The van der Waals surface area contributed by atoms with Crippen LogP contribution >= 0.6 is 0 Å². The molecule has 0 spiro atoms. The van der Waals surface area contributed by atoms with E-state index in [1.807, 2.05) is 0 Å². The zero-order valence-electron chi connectivity index (χ0n) is 10.0. The lowest BCUT2D eigenvalue weighted by Gasteiger charge is -2.34. The fourth-order valence-electron chi connectivity index (χ4n) is 2.33. The number of piperidine rings is 1. The molecule has 106 valence electrons. The van der Waals surface area contributed by atoms with Crippen molar-refractivity contribution in [3.05, 3.63) is 29.1 Å². The van der Waals surface area contributed by atoms with Crippen molar-refractivity contribution in [2.75, 3.05) is 24.5 Å². The van der Waals surface area contributed by atoms with Crippen molar-refractivity contribution in [2.24, 2.45) is 11.7 Å². The van der Waals surface area contributed by atoms with Crippen molar-refractivity contribution in [3.63, 3.8) is 0 Å². The zero-order chi connectivity index (χ0) is 14.2. The predicted molar refractivity (Wildman–Crippen MR) is 60.2 cm³/mol. The summed E-state index contributed by atoms with van der Waals surface area (Å²) in [5, 5.41) is 0. The highest BCUT2D eigenvalue weighted by Gasteiger charge is 2.31. The molecule has 0 aliphatic carbocycles. The van der Waals surface area contributed by atoms with Crippen LogP contribution in [0.3, 0.4) is 0 Å². The number of rotatable bonds is 2. The monoisotopic (exact) mass is 280 g/mol. The SMILES string of the molecule is NCC1CCCN(c2c(F)c(F)c(F)c(F)c2F)C1. The minimum Gasteiger partial charge on any atom is -0.366 e. The van der Waals surface area contributed by atoms with E-state index in [1.54, 1.807) is 0 Å². The van der Waals surface area contributed by atoms with Crippen LogP contribution in [0, 0.1) is 35.0 Å². The van der Waals surface area contributed by atoms with Gasteiger partial charge in [0.25, 0.3) is 0 Å². The Hall–Kier alpha value is -1.37. The van der Waals surface area contributed by atoms with E-state index in [-0.39, 0.29) is 19.0 Å². The summed E-state index contributed by atoms with van der Waals surface area (Å²) in [6.45, 7) is 0.746. The van der Waals surface area contributed by atoms with E-state index in [2.05, 4.69) is 0 Å². The van der Waals surface area contributed by atoms with Crippen molar-refractivity contribution in [3.8, 4) is 0 Å². The van der Waals surface area contributed by atoms with Crippen molar-refractivity contribution in [1.29, 1.82) is 0 Å². The van der Waals surface area contributed by atoms with Crippen LogP contribution in [-0.4, -0.2) is 19.6 Å². The molecule has 0 amide bonds. The van der Waals surface area contributed by atoms with Crippen LogP contribution in [0.25, 0.3) is 0 Å². The Kier molecular flexibility index (Phi) is 3.93. The molecule has 1 aromatic rings. The van der Waals surface area contributed by atoms with E-state index in [0.717, 1.165) is 6.42 Å².